The van der Waals surface area contributed by atoms with Gasteiger partial charge in [0, 0.05) is 16.3 Å². The Hall–Kier alpha value is -3.47. The van der Waals surface area contributed by atoms with Crippen molar-refractivity contribution in [2.45, 2.75) is 16.6 Å². The Labute approximate surface area is 216 Å². The molecule has 0 saturated heterocycles. The minimum Gasteiger partial charge on any atom is -0.325 e. The molecule has 0 aliphatic carbocycles. The molecular weight excluding hydrogens is 523 g/mol. The van der Waals surface area contributed by atoms with Crippen molar-refractivity contribution < 1.29 is 17.6 Å². The lowest BCUT2D eigenvalue weighted by atomic mass is 10.1. The Morgan fingerprint density at radius 1 is 1.06 bits per heavy atom. The van der Waals surface area contributed by atoms with Crippen LogP contribution in [-0.2, 0) is 21.4 Å². The van der Waals surface area contributed by atoms with Crippen molar-refractivity contribution in [2.24, 2.45) is 0 Å². The average Bonchev–Trinajstić information content (AvgIpc) is 2.86. The molecule has 1 amide bonds. The Balaban J connectivity index is 1.41. The number of amides is 1. The van der Waals surface area contributed by atoms with E-state index in [-0.39, 0.29) is 34.0 Å². The molecule has 1 aliphatic heterocycles. The highest BCUT2D eigenvalue weighted by Gasteiger charge is 2.36. The first-order valence-electron chi connectivity index (χ1n) is 10.7. The van der Waals surface area contributed by atoms with Crippen molar-refractivity contribution in [3.05, 3.63) is 95.4 Å². The monoisotopic (exact) mass is 540 g/mol. The van der Waals surface area contributed by atoms with Gasteiger partial charge in [0.2, 0.25) is 5.91 Å². The summed E-state index contributed by atoms with van der Waals surface area (Å²) in [5, 5.41) is 3.42. The number of rotatable bonds is 6. The molecule has 3 aromatic carbocycles. The molecule has 0 fully saturated rings. The van der Waals surface area contributed by atoms with Crippen LogP contribution in [0.25, 0.3) is 11.3 Å². The van der Waals surface area contributed by atoms with Crippen LogP contribution in [0.4, 0.5) is 15.8 Å². The molecule has 0 unspecified atom stereocenters. The van der Waals surface area contributed by atoms with Crippen molar-refractivity contribution in [2.75, 3.05) is 15.4 Å². The van der Waals surface area contributed by atoms with Gasteiger partial charge in [0.05, 0.1) is 29.9 Å². The predicted octanol–water partition coefficient (Wildman–Crippen LogP) is 5.38. The van der Waals surface area contributed by atoms with Crippen LogP contribution in [0.2, 0.25) is 5.02 Å². The van der Waals surface area contributed by atoms with Crippen molar-refractivity contribution in [1.82, 2.24) is 9.97 Å². The van der Waals surface area contributed by atoms with Gasteiger partial charge >= 0.3 is 0 Å². The van der Waals surface area contributed by atoms with E-state index >= 15 is 0 Å². The smallest absolute Gasteiger partial charge is 0.268 e. The van der Waals surface area contributed by atoms with Gasteiger partial charge in [-0.15, -0.1) is 0 Å². The fourth-order valence-electron chi connectivity index (χ4n) is 3.76. The summed E-state index contributed by atoms with van der Waals surface area (Å²) in [6, 6.07) is 19.7. The minimum absolute atomic E-state index is 0.0104. The van der Waals surface area contributed by atoms with Gasteiger partial charge in [-0.25, -0.2) is 22.8 Å². The zero-order valence-electron chi connectivity index (χ0n) is 18.6. The molecule has 1 aliphatic rings. The Morgan fingerprint density at radius 2 is 1.83 bits per heavy atom. The predicted molar refractivity (Wildman–Crippen MR) is 138 cm³/mol. The van der Waals surface area contributed by atoms with E-state index in [4.69, 9.17) is 11.6 Å². The first kappa shape index (κ1) is 24.2. The number of aromatic nitrogens is 2. The van der Waals surface area contributed by atoms with Crippen molar-refractivity contribution in [3.63, 3.8) is 0 Å². The van der Waals surface area contributed by atoms with Crippen molar-refractivity contribution in [1.29, 1.82) is 0 Å². The molecule has 36 heavy (non-hydrogen) atoms. The molecule has 0 atom stereocenters. The van der Waals surface area contributed by atoms with Crippen molar-refractivity contribution in [3.8, 4) is 11.3 Å². The minimum atomic E-state index is -3.95. The number of carbonyl (C=O) groups is 1. The third-order valence-corrected chi connectivity index (χ3v) is 8.28. The summed E-state index contributed by atoms with van der Waals surface area (Å²) in [5.74, 6) is -0.857. The van der Waals surface area contributed by atoms with Crippen LogP contribution in [-0.4, -0.2) is 30.0 Å². The number of nitrogens with one attached hydrogen (secondary N) is 1. The second-order valence-corrected chi connectivity index (χ2v) is 11.1. The Morgan fingerprint density at radius 3 is 2.61 bits per heavy atom. The zero-order valence-corrected chi connectivity index (χ0v) is 20.9. The Bertz CT molecular complexity index is 1570. The highest BCUT2D eigenvalue weighted by Crippen LogP contribution is 2.42. The van der Waals surface area contributed by atoms with E-state index in [1.54, 1.807) is 48.5 Å². The van der Waals surface area contributed by atoms with Gasteiger partial charge in [-0.2, -0.15) is 0 Å². The largest absolute Gasteiger partial charge is 0.325 e. The third kappa shape index (κ3) is 4.92. The number of halogens is 2. The summed E-state index contributed by atoms with van der Waals surface area (Å²) >= 11 is 7.03. The van der Waals surface area contributed by atoms with E-state index in [1.807, 2.05) is 6.07 Å². The van der Waals surface area contributed by atoms with E-state index in [0.29, 0.717) is 22.0 Å². The number of hydrogen-bond acceptors (Lipinski definition) is 6. The lowest BCUT2D eigenvalue weighted by Gasteiger charge is -2.31. The van der Waals surface area contributed by atoms with E-state index in [2.05, 4.69) is 15.3 Å². The first-order valence-corrected chi connectivity index (χ1v) is 13.5. The highest BCUT2D eigenvalue weighted by atomic mass is 35.5. The van der Waals surface area contributed by atoms with Crippen LogP contribution in [0.1, 0.15) is 5.56 Å². The van der Waals surface area contributed by atoms with Gasteiger partial charge in [0.25, 0.3) is 10.0 Å². The molecule has 4 aromatic rings. The van der Waals surface area contributed by atoms with Gasteiger partial charge in [-0.1, -0.05) is 59.8 Å². The van der Waals surface area contributed by atoms with E-state index in [0.717, 1.165) is 17.3 Å². The first-order chi connectivity index (χ1) is 17.3. The second kappa shape index (κ2) is 9.88. The molecule has 1 N–H and O–H groups in total. The van der Waals surface area contributed by atoms with E-state index < -0.39 is 15.8 Å². The molecule has 0 bridgehead atoms. The lowest BCUT2D eigenvalue weighted by molar-refractivity contribution is -0.113. The van der Waals surface area contributed by atoms with Crippen molar-refractivity contribution >= 4 is 50.7 Å². The highest BCUT2D eigenvalue weighted by molar-refractivity contribution is 7.99. The average molecular weight is 541 g/mol. The number of para-hydroxylation sites is 1. The number of benzene rings is 3. The number of carbonyl (C=O) groups excluding carboxylic acids is 1. The maximum atomic E-state index is 13.6. The normalized spacial score (nSPS) is 13.6. The molecule has 5 rings (SSSR count). The van der Waals surface area contributed by atoms with Gasteiger partial charge < -0.3 is 5.32 Å². The fraction of sp³-hybridized carbons (Fsp3) is 0.0800. The molecular formula is C25H18ClFN4O3S2. The van der Waals surface area contributed by atoms with Crippen LogP contribution in [0.5, 0.6) is 0 Å². The van der Waals surface area contributed by atoms with E-state index in [9.17, 15) is 17.6 Å². The van der Waals surface area contributed by atoms with Gasteiger partial charge in [0.1, 0.15) is 10.7 Å². The number of sulfonamides is 1. The Kier molecular flexibility index (Phi) is 6.65. The standard InChI is InChI=1S/C25H18ClFN4O3S2/c26-17-10-8-16(9-11-17)14-31-21-7-2-1-6-20(21)24-22(36(31,33)34)13-28-25(30-24)35-15-23(32)29-19-5-3-4-18(27)12-19/h1-13H,14-15H2,(H,29,32). The van der Waals surface area contributed by atoms with Gasteiger partial charge in [0.15, 0.2) is 5.16 Å². The van der Waals surface area contributed by atoms with Gasteiger partial charge in [-0.3, -0.25) is 9.10 Å². The zero-order chi connectivity index (χ0) is 25.3. The molecule has 1 aromatic heterocycles. The van der Waals surface area contributed by atoms with Crippen LogP contribution in [0.15, 0.2) is 89.0 Å². The lowest BCUT2D eigenvalue weighted by Crippen LogP contribution is -2.34. The number of hydrogen-bond donors (Lipinski definition) is 1. The third-order valence-electron chi connectivity index (χ3n) is 5.41. The molecule has 0 saturated carbocycles. The summed E-state index contributed by atoms with van der Waals surface area (Å²) in [7, 11) is -3.95. The topological polar surface area (TPSA) is 92.3 Å². The SMILES string of the molecule is O=C(CSc1ncc2c(n1)-c1ccccc1N(Cc1ccc(Cl)cc1)S2(=O)=O)Nc1cccc(F)c1. The molecule has 182 valence electrons. The number of nitrogens with zero attached hydrogens (tertiary/aromatic N) is 3. The maximum Gasteiger partial charge on any atom is 0.268 e. The fourth-order valence-corrected chi connectivity index (χ4v) is 6.07. The quantitative estimate of drug-likeness (QED) is 0.261. The number of thioether (sulfide) groups is 1. The van der Waals surface area contributed by atoms with E-state index in [1.165, 1.54) is 28.7 Å². The molecule has 0 radical (unpaired) electrons. The van der Waals surface area contributed by atoms with Gasteiger partial charge in [-0.05, 0) is 42.0 Å². The summed E-state index contributed by atoms with van der Waals surface area (Å²) in [5.41, 5.74) is 2.54. The summed E-state index contributed by atoms with van der Waals surface area (Å²) in [6.45, 7) is 0.118. The van der Waals surface area contributed by atoms with Crippen LogP contribution < -0.4 is 9.62 Å². The maximum absolute atomic E-state index is 13.6. The molecule has 0 spiro atoms. The molecule has 2 heterocycles. The summed E-state index contributed by atoms with van der Waals surface area (Å²) < 4.78 is 41.8. The number of anilines is 2. The second-order valence-electron chi connectivity index (χ2n) is 7.87. The number of fused-ring (bicyclic) bond motifs is 3. The van der Waals surface area contributed by atoms with Crippen LogP contribution in [0, 0.1) is 5.82 Å². The molecule has 7 nitrogen and oxygen atoms in total. The summed E-state index contributed by atoms with van der Waals surface area (Å²) in [4.78, 5) is 21.0. The summed E-state index contributed by atoms with van der Waals surface area (Å²) in [6.07, 6.45) is 1.27. The molecule has 11 heteroatoms. The van der Waals surface area contributed by atoms with Crippen LogP contribution >= 0.6 is 23.4 Å². The van der Waals surface area contributed by atoms with Crippen LogP contribution in [0.3, 0.4) is 0 Å².